The number of benzene rings is 2. The average Bonchev–Trinajstić information content (AvgIpc) is 2.54. The quantitative estimate of drug-likeness (QED) is 0.786. The van der Waals surface area contributed by atoms with Crippen molar-refractivity contribution in [2.75, 3.05) is 19.5 Å². The summed E-state index contributed by atoms with van der Waals surface area (Å²) in [7, 11) is 2.78. The number of halogens is 2. The summed E-state index contributed by atoms with van der Waals surface area (Å²) in [4.78, 5) is 24.3. The second-order valence-corrected chi connectivity index (χ2v) is 5.77. The number of rotatable bonds is 4. The number of esters is 1. The largest absolute Gasteiger partial charge is 0.497 e. The Hall–Kier alpha value is -2.05. The van der Waals surface area contributed by atoms with Crippen molar-refractivity contribution < 1.29 is 19.1 Å². The highest BCUT2D eigenvalue weighted by Gasteiger charge is 2.17. The molecule has 0 saturated heterocycles. The minimum atomic E-state index is -0.568. The van der Waals surface area contributed by atoms with Gasteiger partial charge in [0.25, 0.3) is 5.91 Å². The summed E-state index contributed by atoms with van der Waals surface area (Å²) in [6, 6.07) is 9.53. The summed E-state index contributed by atoms with van der Waals surface area (Å²) in [6.45, 7) is 0. The van der Waals surface area contributed by atoms with Crippen molar-refractivity contribution in [2.24, 2.45) is 0 Å². The number of carbonyl (C=O) groups excluding carboxylic acids is 2. The molecule has 23 heavy (non-hydrogen) atoms. The number of carbonyl (C=O) groups is 2. The molecule has 0 aromatic heterocycles. The highest BCUT2D eigenvalue weighted by atomic mass is 79.9. The number of hydrogen-bond donors (Lipinski definition) is 1. The number of anilines is 1. The lowest BCUT2D eigenvalue weighted by Gasteiger charge is -2.12. The van der Waals surface area contributed by atoms with Gasteiger partial charge in [0.1, 0.15) is 5.75 Å². The number of ether oxygens (including phenoxy) is 2. The summed E-state index contributed by atoms with van der Waals surface area (Å²) in [6.07, 6.45) is 0. The normalized spacial score (nSPS) is 10.1. The zero-order valence-electron chi connectivity index (χ0n) is 12.4. The maximum absolute atomic E-state index is 12.5. The third-order valence-corrected chi connectivity index (χ3v) is 3.98. The van der Waals surface area contributed by atoms with E-state index in [2.05, 4.69) is 21.2 Å². The van der Waals surface area contributed by atoms with E-state index in [0.29, 0.717) is 20.8 Å². The zero-order valence-corrected chi connectivity index (χ0v) is 14.7. The Bertz CT molecular complexity index is 764. The van der Waals surface area contributed by atoms with Gasteiger partial charge in [0, 0.05) is 9.50 Å². The lowest BCUT2D eigenvalue weighted by molar-refractivity contribution is 0.0602. The molecule has 0 bridgehead atoms. The van der Waals surface area contributed by atoms with E-state index in [1.54, 1.807) is 24.3 Å². The average molecular weight is 399 g/mol. The number of nitrogens with one attached hydrogen (secondary N) is 1. The first-order valence-corrected chi connectivity index (χ1v) is 7.66. The highest BCUT2D eigenvalue weighted by molar-refractivity contribution is 9.10. The summed E-state index contributed by atoms with van der Waals surface area (Å²) in [5.74, 6) is -0.442. The fourth-order valence-electron chi connectivity index (χ4n) is 1.90. The minimum Gasteiger partial charge on any atom is -0.497 e. The second-order valence-electron chi connectivity index (χ2n) is 4.48. The Morgan fingerprint density at radius 2 is 1.83 bits per heavy atom. The monoisotopic (exact) mass is 397 g/mol. The van der Waals surface area contributed by atoms with Gasteiger partial charge in [-0.15, -0.1) is 0 Å². The van der Waals surface area contributed by atoms with E-state index in [1.807, 2.05) is 0 Å². The third-order valence-electron chi connectivity index (χ3n) is 3.05. The predicted molar refractivity (Wildman–Crippen MR) is 91.4 cm³/mol. The first-order chi connectivity index (χ1) is 11.0. The van der Waals surface area contributed by atoms with Gasteiger partial charge in [0.05, 0.1) is 31.0 Å². The summed E-state index contributed by atoms with van der Waals surface area (Å²) >= 11 is 9.26. The molecule has 1 amide bonds. The minimum absolute atomic E-state index is 0.212. The van der Waals surface area contributed by atoms with Crippen LogP contribution in [0.15, 0.2) is 40.9 Å². The molecule has 2 aromatic rings. The molecule has 0 aliphatic carbocycles. The van der Waals surface area contributed by atoms with E-state index in [-0.39, 0.29) is 11.3 Å². The third kappa shape index (κ3) is 4.03. The summed E-state index contributed by atoms with van der Waals surface area (Å²) in [5.41, 5.74) is 0.841. The zero-order chi connectivity index (χ0) is 17.0. The van der Waals surface area contributed by atoms with Crippen molar-refractivity contribution in [2.45, 2.75) is 0 Å². The Morgan fingerprint density at radius 3 is 2.48 bits per heavy atom. The molecule has 0 atom stereocenters. The smallest absolute Gasteiger partial charge is 0.339 e. The molecular weight excluding hydrogens is 386 g/mol. The van der Waals surface area contributed by atoms with Crippen molar-refractivity contribution >= 4 is 45.1 Å². The van der Waals surface area contributed by atoms with Crippen LogP contribution in [0.2, 0.25) is 5.02 Å². The molecule has 0 radical (unpaired) electrons. The molecule has 2 aromatic carbocycles. The lowest BCUT2D eigenvalue weighted by Crippen LogP contribution is -2.16. The second kappa shape index (κ2) is 7.48. The standard InChI is InChI=1S/C16H13BrClNO4/c1-22-10-4-6-13(17)12(8-10)15(20)19-14-7-9(18)3-5-11(14)16(21)23-2/h3-8H,1-2H3,(H,19,20). The van der Waals surface area contributed by atoms with Crippen LogP contribution in [-0.4, -0.2) is 26.1 Å². The van der Waals surface area contributed by atoms with Crippen LogP contribution in [0.5, 0.6) is 5.75 Å². The van der Waals surface area contributed by atoms with Crippen LogP contribution < -0.4 is 10.1 Å². The molecule has 1 N–H and O–H groups in total. The van der Waals surface area contributed by atoms with Crippen molar-refractivity contribution in [3.63, 3.8) is 0 Å². The van der Waals surface area contributed by atoms with E-state index in [9.17, 15) is 9.59 Å². The molecule has 0 heterocycles. The van der Waals surface area contributed by atoms with Crippen LogP contribution in [0.4, 0.5) is 5.69 Å². The van der Waals surface area contributed by atoms with Crippen LogP contribution in [0, 0.1) is 0 Å². The van der Waals surface area contributed by atoms with Gasteiger partial charge in [-0.25, -0.2) is 4.79 Å². The van der Waals surface area contributed by atoms with Gasteiger partial charge < -0.3 is 14.8 Å². The van der Waals surface area contributed by atoms with E-state index < -0.39 is 11.9 Å². The Kier molecular flexibility index (Phi) is 5.63. The first kappa shape index (κ1) is 17.3. The molecule has 0 fully saturated rings. The SMILES string of the molecule is COC(=O)c1ccc(Cl)cc1NC(=O)c1cc(OC)ccc1Br. The molecule has 0 aliphatic heterocycles. The topological polar surface area (TPSA) is 64.6 Å². The molecule has 0 spiro atoms. The number of methoxy groups -OCH3 is 2. The maximum atomic E-state index is 12.5. The maximum Gasteiger partial charge on any atom is 0.339 e. The Labute approximate surface area is 146 Å². The van der Waals surface area contributed by atoms with Crippen LogP contribution in [-0.2, 0) is 4.74 Å². The van der Waals surface area contributed by atoms with Gasteiger partial charge in [0.2, 0.25) is 0 Å². The van der Waals surface area contributed by atoms with Gasteiger partial charge in [-0.3, -0.25) is 4.79 Å². The molecule has 0 aliphatic rings. The van der Waals surface area contributed by atoms with E-state index in [4.69, 9.17) is 21.1 Å². The summed E-state index contributed by atoms with van der Waals surface area (Å²) in [5, 5.41) is 3.05. The fourth-order valence-corrected chi connectivity index (χ4v) is 2.50. The number of amides is 1. The lowest BCUT2D eigenvalue weighted by atomic mass is 10.1. The van der Waals surface area contributed by atoms with Crippen molar-refractivity contribution in [1.82, 2.24) is 0 Å². The van der Waals surface area contributed by atoms with Crippen LogP contribution >= 0.6 is 27.5 Å². The van der Waals surface area contributed by atoms with E-state index in [1.165, 1.54) is 26.4 Å². The summed E-state index contributed by atoms with van der Waals surface area (Å²) < 4.78 is 10.4. The van der Waals surface area contributed by atoms with Gasteiger partial charge in [-0.1, -0.05) is 11.6 Å². The van der Waals surface area contributed by atoms with Crippen LogP contribution in [0.3, 0.4) is 0 Å². The predicted octanol–water partition coefficient (Wildman–Crippen LogP) is 4.15. The molecule has 7 heteroatoms. The van der Waals surface area contributed by atoms with Crippen molar-refractivity contribution in [1.29, 1.82) is 0 Å². The Balaban J connectivity index is 2.37. The van der Waals surface area contributed by atoms with Gasteiger partial charge in [-0.05, 0) is 52.3 Å². The van der Waals surface area contributed by atoms with E-state index in [0.717, 1.165) is 0 Å². The van der Waals surface area contributed by atoms with Crippen molar-refractivity contribution in [3.05, 3.63) is 57.0 Å². The van der Waals surface area contributed by atoms with Gasteiger partial charge in [0.15, 0.2) is 0 Å². The van der Waals surface area contributed by atoms with Crippen LogP contribution in [0.25, 0.3) is 0 Å². The molecular formula is C16H13BrClNO4. The highest BCUT2D eigenvalue weighted by Crippen LogP contribution is 2.26. The molecule has 0 unspecified atom stereocenters. The van der Waals surface area contributed by atoms with Gasteiger partial charge in [-0.2, -0.15) is 0 Å². The first-order valence-electron chi connectivity index (χ1n) is 6.49. The molecule has 2 rings (SSSR count). The number of hydrogen-bond acceptors (Lipinski definition) is 4. The molecule has 5 nitrogen and oxygen atoms in total. The van der Waals surface area contributed by atoms with Gasteiger partial charge >= 0.3 is 5.97 Å². The van der Waals surface area contributed by atoms with E-state index >= 15 is 0 Å². The molecule has 0 saturated carbocycles. The Morgan fingerprint density at radius 1 is 1.09 bits per heavy atom. The fraction of sp³-hybridized carbons (Fsp3) is 0.125. The van der Waals surface area contributed by atoms with Crippen LogP contribution in [0.1, 0.15) is 20.7 Å². The van der Waals surface area contributed by atoms with Crippen molar-refractivity contribution in [3.8, 4) is 5.75 Å². The molecule has 120 valence electrons.